The summed E-state index contributed by atoms with van der Waals surface area (Å²) in [6.07, 6.45) is 8.91. The van der Waals surface area contributed by atoms with E-state index in [0.717, 1.165) is 63.4 Å². The van der Waals surface area contributed by atoms with Crippen LogP contribution in [0.25, 0.3) is 0 Å². The van der Waals surface area contributed by atoms with Gasteiger partial charge >= 0.3 is 11.9 Å². The number of likely N-dealkylation sites (tertiary alicyclic amines) is 1. The molecule has 0 spiro atoms. The first-order valence-corrected chi connectivity index (χ1v) is 16.7. The molecule has 0 aromatic heterocycles. The lowest BCUT2D eigenvalue weighted by atomic mass is 9.32. The molecular formula is C35H53NO6. The minimum Gasteiger partial charge on any atom is -0.481 e. The van der Waals surface area contributed by atoms with E-state index in [1.807, 2.05) is 6.92 Å². The lowest BCUT2D eigenvalue weighted by Crippen LogP contribution is -2.69. The van der Waals surface area contributed by atoms with Crippen molar-refractivity contribution in [3.63, 3.8) is 0 Å². The van der Waals surface area contributed by atoms with Crippen molar-refractivity contribution in [1.82, 2.24) is 4.90 Å². The molecule has 5 aliphatic carbocycles. The fourth-order valence-corrected chi connectivity index (χ4v) is 13.1. The smallest absolute Gasteiger partial charge is 0.326 e. The number of amides is 1. The van der Waals surface area contributed by atoms with Crippen molar-refractivity contribution in [3.8, 4) is 0 Å². The van der Waals surface area contributed by atoms with Crippen molar-refractivity contribution in [2.24, 2.45) is 56.7 Å². The molecule has 5 saturated carbocycles. The van der Waals surface area contributed by atoms with Crippen molar-refractivity contribution in [2.45, 2.75) is 124 Å². The van der Waals surface area contributed by atoms with Crippen LogP contribution >= 0.6 is 0 Å². The Hall–Kier alpha value is -1.89. The largest absolute Gasteiger partial charge is 0.481 e. The molecule has 7 heteroatoms. The van der Waals surface area contributed by atoms with E-state index in [4.69, 9.17) is 0 Å². The van der Waals surface area contributed by atoms with Crippen molar-refractivity contribution in [3.05, 3.63) is 12.2 Å². The molecule has 1 heterocycles. The van der Waals surface area contributed by atoms with Gasteiger partial charge < -0.3 is 20.2 Å². The summed E-state index contributed by atoms with van der Waals surface area (Å²) in [6, 6.07) is -0.803. The second-order valence-electron chi connectivity index (χ2n) is 16.5. The van der Waals surface area contributed by atoms with Gasteiger partial charge in [-0.2, -0.15) is 0 Å². The van der Waals surface area contributed by atoms with E-state index < -0.39 is 34.9 Å². The molecule has 0 radical (unpaired) electrons. The predicted molar refractivity (Wildman–Crippen MR) is 159 cm³/mol. The maximum Gasteiger partial charge on any atom is 0.326 e. The number of aliphatic hydroxyl groups excluding tert-OH is 1. The van der Waals surface area contributed by atoms with Crippen molar-refractivity contribution in [1.29, 1.82) is 0 Å². The Bertz CT molecular complexity index is 1200. The lowest BCUT2D eigenvalue weighted by molar-refractivity contribution is -0.249. The van der Waals surface area contributed by atoms with Gasteiger partial charge in [0.2, 0.25) is 5.91 Å². The normalized spacial score (nSPS) is 51.6. The highest BCUT2D eigenvalue weighted by molar-refractivity contribution is 5.89. The standard InChI is InChI=1S/C35H53NO6/c1-20(2)21-11-16-35(30(41)42)18-17-32(4)22(27(21)35)9-10-24-31(3)14-13-26(37)34(6,25(31)12-15-33(24,32)5)29(40)36-19-7-8-23(36)28(38)39/h21-27,37H,1,7-19H2,2-6H3,(H,38,39)(H,41,42)/t21-,22+,23-,24+,25+,26+,27+,31+,32+,33+,34-,35-/m0/s1. The predicted octanol–water partition coefficient (Wildman–Crippen LogP) is 6.15. The van der Waals surface area contributed by atoms with E-state index in [9.17, 15) is 29.7 Å². The summed E-state index contributed by atoms with van der Waals surface area (Å²) in [5.41, 5.74) is -0.691. The molecule has 0 bridgehead atoms. The lowest BCUT2D eigenvalue weighted by Gasteiger charge is -2.72. The van der Waals surface area contributed by atoms with Crippen LogP contribution in [0, 0.1) is 56.7 Å². The fraction of sp³-hybridized carbons (Fsp3) is 0.857. The van der Waals surface area contributed by atoms with Crippen LogP contribution < -0.4 is 0 Å². The number of carbonyl (C=O) groups is 3. The summed E-state index contributed by atoms with van der Waals surface area (Å²) in [5, 5.41) is 32.0. The number of aliphatic carboxylic acids is 2. The minimum absolute atomic E-state index is 0.00244. The van der Waals surface area contributed by atoms with Crippen LogP contribution in [0.15, 0.2) is 12.2 Å². The van der Waals surface area contributed by atoms with Crippen LogP contribution in [-0.2, 0) is 14.4 Å². The summed E-state index contributed by atoms with van der Waals surface area (Å²) < 4.78 is 0. The quantitative estimate of drug-likeness (QED) is 0.342. The maximum absolute atomic E-state index is 14.3. The highest BCUT2D eigenvalue weighted by atomic mass is 16.4. The SMILES string of the molecule is C=C(C)[C@@H]1CC[C@]2(C(=O)O)CC[C@]3(C)[C@H](CC[C@@H]4[C@@]5(C)CC[C@@H](O)[C@@](C)(C(=O)N6CCC[C@H]6C(=O)O)[C@@H]5CC[C@]43C)[C@@H]12. The molecule has 0 unspecified atom stereocenters. The van der Waals surface area contributed by atoms with Gasteiger partial charge in [0.1, 0.15) is 6.04 Å². The number of nitrogens with zero attached hydrogens (tertiary/aromatic N) is 1. The zero-order valence-corrected chi connectivity index (χ0v) is 26.5. The molecule has 3 N–H and O–H groups in total. The number of carboxylic acids is 2. The Morgan fingerprint density at radius 2 is 1.52 bits per heavy atom. The number of hydrogen-bond acceptors (Lipinski definition) is 4. The molecule has 0 aromatic rings. The van der Waals surface area contributed by atoms with E-state index in [-0.39, 0.29) is 39.9 Å². The Morgan fingerprint density at radius 1 is 0.810 bits per heavy atom. The van der Waals surface area contributed by atoms with E-state index in [0.29, 0.717) is 37.6 Å². The number of hydrogen-bond donors (Lipinski definition) is 3. The molecule has 0 aromatic carbocycles. The third-order valence-corrected chi connectivity index (χ3v) is 15.4. The van der Waals surface area contributed by atoms with Gasteiger partial charge in [-0.15, -0.1) is 0 Å². The summed E-state index contributed by atoms with van der Waals surface area (Å²) in [7, 11) is 0. The molecule has 6 rings (SSSR count). The van der Waals surface area contributed by atoms with E-state index in [1.165, 1.54) is 0 Å². The van der Waals surface area contributed by atoms with Crippen LogP contribution in [-0.4, -0.2) is 56.8 Å². The Labute approximate surface area is 251 Å². The molecule has 234 valence electrons. The van der Waals surface area contributed by atoms with Gasteiger partial charge in [-0.3, -0.25) is 9.59 Å². The highest BCUT2D eigenvalue weighted by Gasteiger charge is 2.73. The van der Waals surface area contributed by atoms with Crippen LogP contribution in [0.2, 0.25) is 0 Å². The van der Waals surface area contributed by atoms with Gasteiger partial charge in [0.15, 0.2) is 0 Å². The zero-order chi connectivity index (χ0) is 30.6. The van der Waals surface area contributed by atoms with Gasteiger partial charge in [-0.25, -0.2) is 4.79 Å². The summed E-state index contributed by atoms with van der Waals surface area (Å²) >= 11 is 0. The topological polar surface area (TPSA) is 115 Å². The Morgan fingerprint density at radius 3 is 2.17 bits per heavy atom. The number of fused-ring (bicyclic) bond motifs is 7. The van der Waals surface area contributed by atoms with Crippen molar-refractivity contribution >= 4 is 17.8 Å². The maximum atomic E-state index is 14.3. The third kappa shape index (κ3) is 3.58. The van der Waals surface area contributed by atoms with Crippen LogP contribution in [0.5, 0.6) is 0 Å². The number of rotatable bonds is 4. The zero-order valence-electron chi connectivity index (χ0n) is 26.5. The van der Waals surface area contributed by atoms with E-state index in [1.54, 1.807) is 4.90 Å². The average Bonchev–Trinajstić information content (AvgIpc) is 3.57. The minimum atomic E-state index is -1.01. The Kier molecular flexibility index (Phi) is 6.86. The first-order chi connectivity index (χ1) is 19.6. The van der Waals surface area contributed by atoms with E-state index >= 15 is 0 Å². The average molecular weight is 584 g/mol. The van der Waals surface area contributed by atoms with Gasteiger partial charge in [-0.05, 0) is 137 Å². The third-order valence-electron chi connectivity index (χ3n) is 15.4. The molecule has 7 nitrogen and oxygen atoms in total. The molecule has 12 atom stereocenters. The van der Waals surface area contributed by atoms with Gasteiger partial charge in [0.25, 0.3) is 0 Å². The highest BCUT2D eigenvalue weighted by Crippen LogP contribution is 2.77. The van der Waals surface area contributed by atoms with Crippen LogP contribution in [0.4, 0.5) is 0 Å². The van der Waals surface area contributed by atoms with Crippen molar-refractivity contribution < 1.29 is 29.7 Å². The summed E-state index contributed by atoms with van der Waals surface area (Å²) in [4.78, 5) is 40.9. The van der Waals surface area contributed by atoms with Gasteiger partial charge in [0, 0.05) is 6.54 Å². The molecule has 1 saturated heterocycles. The molecule has 6 aliphatic rings. The van der Waals surface area contributed by atoms with Crippen LogP contribution in [0.1, 0.15) is 112 Å². The Balaban J connectivity index is 1.37. The number of allylic oxidation sites excluding steroid dienone is 1. The van der Waals surface area contributed by atoms with Gasteiger partial charge in [0.05, 0.1) is 16.9 Å². The molecular weight excluding hydrogens is 530 g/mol. The monoisotopic (exact) mass is 583 g/mol. The summed E-state index contributed by atoms with van der Waals surface area (Å²) in [5.74, 6) is -0.683. The first kappa shape index (κ1) is 30.1. The number of carbonyl (C=O) groups excluding carboxylic acids is 1. The molecule has 1 aliphatic heterocycles. The molecule has 1 amide bonds. The fourth-order valence-electron chi connectivity index (χ4n) is 13.1. The molecule has 6 fully saturated rings. The summed E-state index contributed by atoms with van der Waals surface area (Å²) in [6.45, 7) is 16.1. The number of aliphatic hydroxyl groups is 1. The van der Waals surface area contributed by atoms with Crippen LogP contribution in [0.3, 0.4) is 0 Å². The van der Waals surface area contributed by atoms with E-state index in [2.05, 4.69) is 34.3 Å². The number of carboxylic acid groups (broad SMARTS) is 2. The van der Waals surface area contributed by atoms with Gasteiger partial charge in [-0.1, -0.05) is 32.9 Å². The van der Waals surface area contributed by atoms with Crippen molar-refractivity contribution in [2.75, 3.05) is 6.54 Å². The first-order valence-electron chi connectivity index (χ1n) is 16.7. The second-order valence-corrected chi connectivity index (χ2v) is 16.5. The second kappa shape index (κ2) is 9.55. The molecule has 42 heavy (non-hydrogen) atoms.